The molecule has 6 rings (SSSR count). The molecule has 3 heterocycles. The zero-order valence-corrected chi connectivity index (χ0v) is 21.8. The molecule has 194 valence electrons. The third kappa shape index (κ3) is 4.71. The Morgan fingerprint density at radius 1 is 1.19 bits per heavy atom. The summed E-state index contributed by atoms with van der Waals surface area (Å²) in [7, 11) is 1.22. The molecule has 0 spiro atoms. The Morgan fingerprint density at radius 3 is 2.51 bits per heavy atom. The fourth-order valence-corrected chi connectivity index (χ4v) is 6.25. The minimum atomic E-state index is -0.729. The summed E-state index contributed by atoms with van der Waals surface area (Å²) in [6, 6.07) is 6.72. The van der Waals surface area contributed by atoms with E-state index < -0.39 is 11.8 Å². The van der Waals surface area contributed by atoms with Crippen LogP contribution in [0, 0.1) is 17.7 Å². The van der Waals surface area contributed by atoms with Crippen molar-refractivity contribution in [3.8, 4) is 11.3 Å². The average Bonchev–Trinajstić information content (AvgIpc) is 3.34. The number of rotatable bonds is 7. The summed E-state index contributed by atoms with van der Waals surface area (Å²) in [5.74, 6) is 1.29. The highest BCUT2D eigenvalue weighted by Gasteiger charge is 2.42. The van der Waals surface area contributed by atoms with Crippen LogP contribution in [-0.4, -0.2) is 42.4 Å². The number of carbonyl (C=O) groups excluding carboxylic acids is 1. The van der Waals surface area contributed by atoms with Gasteiger partial charge >= 0.3 is 5.97 Å². The summed E-state index contributed by atoms with van der Waals surface area (Å²) in [6.45, 7) is 1.94. The van der Waals surface area contributed by atoms with Gasteiger partial charge in [0.2, 0.25) is 0 Å². The second-order valence-corrected chi connectivity index (χ2v) is 10.9. The van der Waals surface area contributed by atoms with E-state index in [0.29, 0.717) is 51.5 Å². The molecule has 0 bridgehead atoms. The second kappa shape index (κ2) is 9.89. The van der Waals surface area contributed by atoms with E-state index >= 15 is 0 Å². The van der Waals surface area contributed by atoms with Gasteiger partial charge in [-0.1, -0.05) is 34.4 Å². The summed E-state index contributed by atoms with van der Waals surface area (Å²) >= 11 is 12.9. The number of esters is 1. The first kappa shape index (κ1) is 24.6. The van der Waals surface area contributed by atoms with Crippen molar-refractivity contribution in [3.63, 3.8) is 0 Å². The van der Waals surface area contributed by atoms with Gasteiger partial charge in [-0.3, -0.25) is 0 Å². The number of aromatic nitrogens is 2. The molecule has 2 atom stereocenters. The summed E-state index contributed by atoms with van der Waals surface area (Å²) in [4.78, 5) is 18.0. The lowest BCUT2D eigenvalue weighted by Crippen LogP contribution is -2.24. The van der Waals surface area contributed by atoms with Gasteiger partial charge in [0, 0.05) is 42.4 Å². The Labute approximate surface area is 223 Å². The molecular weight excluding hydrogens is 520 g/mol. The fourth-order valence-electron chi connectivity index (χ4n) is 5.67. The highest BCUT2D eigenvalue weighted by molar-refractivity contribution is 6.39. The largest absolute Gasteiger partial charge is 0.465 e. The number of hydrogen-bond acceptors (Lipinski definition) is 7. The van der Waals surface area contributed by atoms with Crippen LogP contribution in [0.3, 0.4) is 0 Å². The number of halogens is 3. The molecule has 1 aliphatic heterocycles. The zero-order chi connectivity index (χ0) is 25.7. The second-order valence-electron chi connectivity index (χ2n) is 10.1. The molecule has 3 aromatic rings. The van der Waals surface area contributed by atoms with Gasteiger partial charge in [0.15, 0.2) is 0 Å². The molecule has 2 aliphatic carbocycles. The lowest BCUT2D eigenvalue weighted by atomic mass is 10.0. The Hall–Kier alpha value is -2.68. The van der Waals surface area contributed by atoms with E-state index in [1.54, 1.807) is 12.1 Å². The Morgan fingerprint density at radius 2 is 1.89 bits per heavy atom. The van der Waals surface area contributed by atoms with Crippen LogP contribution in [0.2, 0.25) is 10.0 Å². The van der Waals surface area contributed by atoms with E-state index in [4.69, 9.17) is 32.5 Å². The number of hydrogen-bond donors (Lipinski definition) is 0. The molecule has 0 N–H and O–H groups in total. The maximum Gasteiger partial charge on any atom is 0.342 e. The van der Waals surface area contributed by atoms with Crippen molar-refractivity contribution >= 4 is 35.0 Å². The molecule has 37 heavy (non-hydrogen) atoms. The number of nitrogens with zero attached hydrogens (tertiary/aromatic N) is 3. The first-order valence-corrected chi connectivity index (χ1v) is 13.2. The molecule has 10 heteroatoms. The Kier molecular flexibility index (Phi) is 6.59. The van der Waals surface area contributed by atoms with Gasteiger partial charge in [0.1, 0.15) is 28.7 Å². The minimum absolute atomic E-state index is 0.111. The van der Waals surface area contributed by atoms with Crippen molar-refractivity contribution in [1.29, 1.82) is 0 Å². The van der Waals surface area contributed by atoms with Gasteiger partial charge in [-0.25, -0.2) is 14.2 Å². The molecule has 2 saturated carbocycles. The first-order chi connectivity index (χ1) is 17.9. The fraction of sp³-hybridized carbons (Fsp3) is 0.444. The monoisotopic (exact) mass is 545 g/mol. The lowest BCUT2D eigenvalue weighted by Gasteiger charge is -2.21. The van der Waals surface area contributed by atoms with Crippen molar-refractivity contribution in [2.24, 2.45) is 11.8 Å². The van der Waals surface area contributed by atoms with E-state index in [-0.39, 0.29) is 11.7 Å². The topological polar surface area (TPSA) is 77.7 Å². The number of carbonyl (C=O) groups is 1. The third-order valence-corrected chi connectivity index (χ3v) is 8.34. The Bertz CT molecular complexity index is 1310. The van der Waals surface area contributed by atoms with E-state index in [1.807, 2.05) is 6.07 Å². The summed E-state index contributed by atoms with van der Waals surface area (Å²) in [5.41, 5.74) is 2.11. The predicted molar refractivity (Wildman–Crippen MR) is 136 cm³/mol. The number of fused-ring (bicyclic) bond motifs is 1. The molecule has 7 nitrogen and oxygen atoms in total. The SMILES string of the molecule is COC(=O)c1cnc(N2CC3CC(OCc4c(-c5c(Cl)cccc5Cl)noc4C4CC4)CC3C2)cc1F. The minimum Gasteiger partial charge on any atom is -0.465 e. The molecule has 3 aliphatic rings. The molecular formula is C27H26Cl2FN3O4. The maximum atomic E-state index is 14.4. The van der Waals surface area contributed by atoms with Crippen LogP contribution in [0.25, 0.3) is 11.3 Å². The van der Waals surface area contributed by atoms with Crippen molar-refractivity contribution in [3.05, 3.63) is 63.2 Å². The zero-order valence-electron chi connectivity index (χ0n) is 20.3. The van der Waals surface area contributed by atoms with E-state index in [1.165, 1.54) is 19.4 Å². The van der Waals surface area contributed by atoms with Crippen molar-refractivity contribution in [1.82, 2.24) is 10.1 Å². The van der Waals surface area contributed by atoms with Crippen molar-refractivity contribution < 1.29 is 23.2 Å². The molecule has 0 radical (unpaired) electrons. The van der Waals surface area contributed by atoms with E-state index in [9.17, 15) is 9.18 Å². The summed E-state index contributed by atoms with van der Waals surface area (Å²) in [5, 5.41) is 5.41. The highest BCUT2D eigenvalue weighted by atomic mass is 35.5. The molecule has 2 aromatic heterocycles. The molecule has 2 unspecified atom stereocenters. The number of methoxy groups -OCH3 is 1. The Balaban J connectivity index is 1.12. The van der Waals surface area contributed by atoms with Crippen molar-refractivity contribution in [2.45, 2.75) is 44.3 Å². The van der Waals surface area contributed by atoms with Crippen LogP contribution in [0.1, 0.15) is 53.3 Å². The van der Waals surface area contributed by atoms with Crippen LogP contribution >= 0.6 is 23.2 Å². The van der Waals surface area contributed by atoms with Gasteiger partial charge in [0.05, 0.1) is 29.9 Å². The predicted octanol–water partition coefficient (Wildman–Crippen LogP) is 6.28. The van der Waals surface area contributed by atoms with E-state index in [0.717, 1.165) is 50.1 Å². The molecule has 0 amide bonds. The average molecular weight is 546 g/mol. The van der Waals surface area contributed by atoms with Crippen LogP contribution < -0.4 is 4.90 Å². The maximum absolute atomic E-state index is 14.4. The highest BCUT2D eigenvalue weighted by Crippen LogP contribution is 2.47. The van der Waals surface area contributed by atoms with Gasteiger partial charge in [0.25, 0.3) is 0 Å². The molecule has 1 saturated heterocycles. The number of benzene rings is 1. The van der Waals surface area contributed by atoms with Gasteiger partial charge in [-0.05, 0) is 49.7 Å². The molecule has 3 fully saturated rings. The van der Waals surface area contributed by atoms with Gasteiger partial charge in [-0.2, -0.15) is 0 Å². The van der Waals surface area contributed by atoms with E-state index in [2.05, 4.69) is 19.8 Å². The number of ether oxygens (including phenoxy) is 2. The smallest absolute Gasteiger partial charge is 0.342 e. The van der Waals surface area contributed by atoms with Crippen LogP contribution in [0.15, 0.2) is 35.0 Å². The first-order valence-electron chi connectivity index (χ1n) is 12.5. The van der Waals surface area contributed by atoms with Gasteiger partial charge < -0.3 is 18.9 Å². The number of pyridine rings is 1. The normalized spacial score (nSPS) is 22.9. The summed E-state index contributed by atoms with van der Waals surface area (Å²) < 4.78 is 31.2. The van der Waals surface area contributed by atoms with Crippen molar-refractivity contribution in [2.75, 3.05) is 25.1 Å². The third-order valence-electron chi connectivity index (χ3n) is 7.71. The lowest BCUT2D eigenvalue weighted by molar-refractivity contribution is 0.0402. The van der Waals surface area contributed by atoms with Crippen LogP contribution in [0.4, 0.5) is 10.2 Å². The van der Waals surface area contributed by atoms with Gasteiger partial charge in [-0.15, -0.1) is 0 Å². The number of anilines is 1. The van der Waals surface area contributed by atoms with Crippen LogP contribution in [0.5, 0.6) is 0 Å². The standard InChI is InChI=1S/C27H26Cl2FN3O4/c1-35-27(34)18-10-31-23(9-22(18)30)33-11-15-7-17(8-16(15)12-33)36-13-19-25(32-37-26(19)14-5-6-14)24-20(28)3-2-4-21(24)29/h2-4,9-10,14-17H,5-8,11-13H2,1H3. The molecule has 1 aromatic carbocycles. The quantitative estimate of drug-likeness (QED) is 0.323. The van der Waals surface area contributed by atoms with Crippen LogP contribution in [-0.2, 0) is 16.1 Å². The summed E-state index contributed by atoms with van der Waals surface area (Å²) in [6.07, 6.45) is 5.34.